The van der Waals surface area contributed by atoms with Crippen LogP contribution < -0.4 is 10.9 Å². The lowest BCUT2D eigenvalue weighted by molar-refractivity contribution is 0.0304. The Morgan fingerprint density at radius 1 is 0.900 bits per heavy atom. The highest BCUT2D eigenvalue weighted by molar-refractivity contribution is 4.96. The van der Waals surface area contributed by atoms with Crippen molar-refractivity contribution in [3.8, 4) is 0 Å². The van der Waals surface area contributed by atoms with E-state index in [0.29, 0.717) is 6.42 Å². The van der Waals surface area contributed by atoms with Gasteiger partial charge in [0.05, 0.1) is 12.2 Å². The van der Waals surface area contributed by atoms with Crippen molar-refractivity contribution in [3.63, 3.8) is 0 Å². The number of aliphatic hydroxyl groups is 2. The van der Waals surface area contributed by atoms with Crippen molar-refractivity contribution in [2.24, 2.45) is 0 Å². The summed E-state index contributed by atoms with van der Waals surface area (Å²) in [6.07, 6.45) is 0.556. The molecule has 10 heavy (non-hydrogen) atoms. The first-order valence-electron chi connectivity index (χ1n) is 3.64. The number of rotatable bonds is 0. The van der Waals surface area contributed by atoms with Crippen LogP contribution in [0.25, 0.3) is 0 Å². The largest absolute Gasteiger partial charge is 0.391 e. The predicted octanol–water partition coefficient (Wildman–Crippen LogP) is -1.65. The molecule has 1 heterocycles. The second-order valence-electron chi connectivity index (χ2n) is 3.11. The van der Waals surface area contributed by atoms with E-state index in [-0.39, 0.29) is 24.3 Å². The molecule has 1 aliphatic heterocycles. The minimum Gasteiger partial charge on any atom is -0.391 e. The van der Waals surface area contributed by atoms with Gasteiger partial charge in [0.15, 0.2) is 0 Å². The summed E-state index contributed by atoms with van der Waals surface area (Å²) in [4.78, 5) is 0. The second-order valence-corrected chi connectivity index (χ2v) is 3.11. The van der Waals surface area contributed by atoms with Crippen molar-refractivity contribution in [2.45, 2.75) is 37.1 Å². The molecule has 4 heteroatoms. The Balaban J connectivity index is 2.09. The fourth-order valence-electron chi connectivity index (χ4n) is 1.69. The molecule has 2 fully saturated rings. The summed E-state index contributed by atoms with van der Waals surface area (Å²) in [5.74, 6) is 0. The summed E-state index contributed by atoms with van der Waals surface area (Å²) in [5, 5.41) is 18.6. The van der Waals surface area contributed by atoms with Crippen LogP contribution in [0.1, 0.15) is 12.8 Å². The molecule has 2 aliphatic rings. The molecule has 0 unspecified atom stereocenters. The van der Waals surface area contributed by atoms with Crippen LogP contribution in [-0.4, -0.2) is 34.5 Å². The fourth-order valence-corrected chi connectivity index (χ4v) is 1.69. The molecule has 4 atom stereocenters. The first kappa shape index (κ1) is 6.54. The van der Waals surface area contributed by atoms with Crippen molar-refractivity contribution in [1.82, 2.24) is 10.9 Å². The highest BCUT2D eigenvalue weighted by Gasteiger charge is 2.39. The van der Waals surface area contributed by atoms with Crippen LogP contribution in [0.15, 0.2) is 0 Å². The Morgan fingerprint density at radius 3 is 1.90 bits per heavy atom. The number of hydrazine groups is 1. The van der Waals surface area contributed by atoms with Crippen LogP contribution in [0.4, 0.5) is 0 Å². The predicted molar refractivity (Wildman–Crippen MR) is 35.1 cm³/mol. The van der Waals surface area contributed by atoms with Gasteiger partial charge in [0.2, 0.25) is 0 Å². The molecule has 0 amide bonds. The summed E-state index contributed by atoms with van der Waals surface area (Å²) < 4.78 is 0. The number of nitrogens with one attached hydrogen (secondary N) is 2. The average Bonchev–Trinajstić information content (AvgIpc) is 2.28. The summed E-state index contributed by atoms with van der Waals surface area (Å²) in [5.41, 5.74) is 5.88. The third-order valence-corrected chi connectivity index (χ3v) is 2.37. The highest BCUT2D eigenvalue weighted by Crippen LogP contribution is 2.22. The quantitative estimate of drug-likeness (QED) is 0.329. The molecular weight excluding hydrogens is 132 g/mol. The number of hydrogen-bond donors (Lipinski definition) is 4. The van der Waals surface area contributed by atoms with Crippen LogP contribution >= 0.6 is 0 Å². The molecule has 0 aromatic carbocycles. The van der Waals surface area contributed by atoms with E-state index in [0.717, 1.165) is 6.42 Å². The number of fused-ring (bicyclic) bond motifs is 2. The fraction of sp³-hybridized carbons (Fsp3) is 1.00. The van der Waals surface area contributed by atoms with Crippen molar-refractivity contribution < 1.29 is 10.2 Å². The van der Waals surface area contributed by atoms with Crippen molar-refractivity contribution in [2.75, 3.05) is 0 Å². The van der Waals surface area contributed by atoms with E-state index in [1.807, 2.05) is 0 Å². The molecule has 0 aromatic heterocycles. The van der Waals surface area contributed by atoms with E-state index in [1.54, 1.807) is 0 Å². The van der Waals surface area contributed by atoms with E-state index in [4.69, 9.17) is 0 Å². The van der Waals surface area contributed by atoms with Gasteiger partial charge in [-0.15, -0.1) is 0 Å². The van der Waals surface area contributed by atoms with Crippen molar-refractivity contribution in [1.29, 1.82) is 0 Å². The van der Waals surface area contributed by atoms with E-state index in [1.165, 1.54) is 0 Å². The molecular formula is C6H12N2O2. The van der Waals surface area contributed by atoms with Gasteiger partial charge in [-0.25, -0.2) is 0 Å². The van der Waals surface area contributed by atoms with Crippen molar-refractivity contribution >= 4 is 0 Å². The highest BCUT2D eigenvalue weighted by atomic mass is 16.3. The van der Waals surface area contributed by atoms with Gasteiger partial charge in [-0.2, -0.15) is 0 Å². The monoisotopic (exact) mass is 144 g/mol. The van der Waals surface area contributed by atoms with Gasteiger partial charge in [0.1, 0.15) is 0 Å². The van der Waals surface area contributed by atoms with Crippen LogP contribution in [-0.2, 0) is 0 Å². The number of aliphatic hydroxyl groups excluding tert-OH is 2. The summed E-state index contributed by atoms with van der Waals surface area (Å²) in [6, 6.07) is 0.293. The van der Waals surface area contributed by atoms with Crippen LogP contribution in [0.5, 0.6) is 0 Å². The van der Waals surface area contributed by atoms with E-state index in [2.05, 4.69) is 10.9 Å². The maximum atomic E-state index is 9.30. The smallest absolute Gasteiger partial charge is 0.0732 e. The molecule has 1 saturated heterocycles. The molecule has 58 valence electrons. The summed E-state index contributed by atoms with van der Waals surface area (Å²) in [6.45, 7) is 0. The molecule has 0 spiro atoms. The maximum absolute atomic E-state index is 9.30. The van der Waals surface area contributed by atoms with Crippen LogP contribution in [0, 0.1) is 0 Å². The maximum Gasteiger partial charge on any atom is 0.0732 e. The van der Waals surface area contributed by atoms with Gasteiger partial charge in [0.25, 0.3) is 0 Å². The second kappa shape index (κ2) is 2.17. The lowest BCUT2D eigenvalue weighted by Gasteiger charge is -2.26. The molecule has 4 nitrogen and oxygen atoms in total. The lowest BCUT2D eigenvalue weighted by Crippen LogP contribution is -2.41. The average molecular weight is 144 g/mol. The van der Waals surface area contributed by atoms with Gasteiger partial charge < -0.3 is 10.2 Å². The zero-order valence-corrected chi connectivity index (χ0v) is 5.62. The molecule has 0 radical (unpaired) electrons. The van der Waals surface area contributed by atoms with Gasteiger partial charge in [-0.05, 0) is 6.42 Å². The first-order chi connectivity index (χ1) is 4.77. The first-order valence-corrected chi connectivity index (χ1v) is 3.64. The van der Waals surface area contributed by atoms with E-state index >= 15 is 0 Å². The molecule has 2 bridgehead atoms. The Bertz CT molecular complexity index is 128. The molecule has 1 aliphatic carbocycles. The Hall–Kier alpha value is -0.160. The zero-order valence-electron chi connectivity index (χ0n) is 5.62. The zero-order chi connectivity index (χ0) is 7.14. The third kappa shape index (κ3) is 0.845. The summed E-state index contributed by atoms with van der Waals surface area (Å²) >= 11 is 0. The van der Waals surface area contributed by atoms with E-state index < -0.39 is 0 Å². The van der Waals surface area contributed by atoms with Gasteiger partial charge >= 0.3 is 0 Å². The third-order valence-electron chi connectivity index (χ3n) is 2.37. The molecule has 1 saturated carbocycles. The molecule has 2 rings (SSSR count). The topological polar surface area (TPSA) is 64.5 Å². The molecule has 4 N–H and O–H groups in total. The van der Waals surface area contributed by atoms with Gasteiger partial charge in [-0.1, -0.05) is 0 Å². The normalized spacial score (nSPS) is 53.4. The Morgan fingerprint density at radius 2 is 1.40 bits per heavy atom. The van der Waals surface area contributed by atoms with Crippen LogP contribution in [0.2, 0.25) is 0 Å². The minimum absolute atomic E-state index is 0.147. The van der Waals surface area contributed by atoms with Gasteiger partial charge in [-0.3, -0.25) is 10.9 Å². The Labute approximate surface area is 59.2 Å². The van der Waals surface area contributed by atoms with Crippen molar-refractivity contribution in [3.05, 3.63) is 0 Å². The SMILES string of the molecule is O[C@@H]1C[C@H](O)[C@@H]2C[C@H]1NN2. The van der Waals surface area contributed by atoms with Crippen LogP contribution in [0.3, 0.4) is 0 Å². The molecule has 0 aromatic rings. The minimum atomic E-state index is -0.388. The van der Waals surface area contributed by atoms with E-state index in [9.17, 15) is 10.2 Å². The summed E-state index contributed by atoms with van der Waals surface area (Å²) in [7, 11) is 0. The van der Waals surface area contributed by atoms with Gasteiger partial charge in [0, 0.05) is 18.5 Å². The number of hydrogen-bond acceptors (Lipinski definition) is 4. The lowest BCUT2D eigenvalue weighted by atomic mass is 9.89. The Kier molecular flexibility index (Phi) is 1.42. The standard InChI is InChI=1S/C6H12N2O2/c9-5-2-6(10)4-1-3(5)7-8-4/h3-10H,1-2H2/t3-,4+,5-,6+.